The highest BCUT2D eigenvalue weighted by atomic mass is 31.1. The zero-order chi connectivity index (χ0) is 98.6. The molecular formula is C115H164N2O16P8. The molecule has 16 fully saturated rings. The van der Waals surface area contributed by atoms with Gasteiger partial charge >= 0.3 is 0 Å². The lowest BCUT2D eigenvalue weighted by molar-refractivity contribution is -0.00903. The molecule has 0 N–H and O–H groups in total. The Morgan fingerprint density at radius 1 is 0.284 bits per heavy atom. The molecule has 16 aliphatic rings. The molecular weight excluding hydrogens is 1910 g/mol. The van der Waals surface area contributed by atoms with Crippen molar-refractivity contribution in [1.82, 2.24) is 9.97 Å². The zero-order valence-corrected chi connectivity index (χ0v) is 95.0. The van der Waals surface area contributed by atoms with Gasteiger partial charge in [0.1, 0.15) is 34.5 Å². The van der Waals surface area contributed by atoms with Gasteiger partial charge in [-0.25, -0.2) is 0 Å². The third kappa shape index (κ3) is 28.4. The van der Waals surface area contributed by atoms with Crippen molar-refractivity contribution in [3.8, 4) is 34.5 Å². The van der Waals surface area contributed by atoms with Gasteiger partial charge in [0.05, 0.1) is 75.1 Å². The minimum Gasteiger partial charge on any atom is -0.449 e. The van der Waals surface area contributed by atoms with Gasteiger partial charge in [0.25, 0.3) is 0 Å². The average Bonchev–Trinajstić information content (AvgIpc) is 0.717. The second-order valence-electron chi connectivity index (χ2n) is 48.9. The summed E-state index contributed by atoms with van der Waals surface area (Å²) in [6.45, 7) is 37.6. The summed E-state index contributed by atoms with van der Waals surface area (Å²) < 4.78 is 94.5. The van der Waals surface area contributed by atoms with Gasteiger partial charge in [0, 0.05) is 34.3 Å². The maximum absolute atomic E-state index is 6.73. The van der Waals surface area contributed by atoms with E-state index in [4.69, 9.17) is 72.4 Å². The Labute approximate surface area is 859 Å². The van der Waals surface area contributed by atoms with Crippen LogP contribution in [0.15, 0.2) is 158 Å². The molecule has 24 rings (SSSR count). The Bertz CT molecular complexity index is 4850. The van der Waals surface area contributed by atoms with E-state index in [0.29, 0.717) is 61.3 Å². The molecule has 18 nitrogen and oxygen atoms in total. The van der Waals surface area contributed by atoms with Crippen LogP contribution in [0.5, 0.6) is 34.5 Å². The predicted molar refractivity (Wildman–Crippen MR) is 587 cm³/mol. The lowest BCUT2D eigenvalue weighted by atomic mass is 9.46. The maximum Gasteiger partial charge on any atom is 0.215 e. The monoisotopic (exact) mass is 2080 g/mol. The number of para-hydroxylation sites is 4. The summed E-state index contributed by atoms with van der Waals surface area (Å²) >= 11 is 0. The Morgan fingerprint density at radius 2 is 0.560 bits per heavy atom. The van der Waals surface area contributed by atoms with Crippen molar-refractivity contribution in [2.45, 2.75) is 341 Å². The van der Waals surface area contributed by atoms with Crippen LogP contribution in [0.3, 0.4) is 0 Å². The second-order valence-corrected chi connectivity index (χ2v) is 54.2. The van der Waals surface area contributed by atoms with E-state index in [1.54, 1.807) is 34.6 Å². The van der Waals surface area contributed by atoms with Gasteiger partial charge in [-0.05, 0) is 398 Å². The molecule has 0 amide bonds. The third-order valence-corrected chi connectivity index (χ3v) is 38.6. The molecule has 141 heavy (non-hydrogen) atoms. The molecule has 10 unspecified atom stereocenters. The molecule has 10 atom stereocenters. The lowest BCUT2D eigenvalue weighted by Gasteiger charge is -2.58. The van der Waals surface area contributed by atoms with Gasteiger partial charge in [-0.2, -0.15) is 0 Å². The topological polar surface area (TPSA) is 173 Å². The summed E-state index contributed by atoms with van der Waals surface area (Å²) in [4.78, 5) is 8.82. The van der Waals surface area contributed by atoms with Crippen LogP contribution in [0.4, 0.5) is 0 Å². The lowest BCUT2D eigenvalue weighted by Crippen LogP contribution is -2.50. The standard InChI is InChI=1S/C54H72O4P2.C30H38N2O4P2.C23H34O4P2.C8H20O4P2/c1-3-49(47(53-27-39-13-40(28-53)15-41(14-39)29-53)19-45(1)51-21-33-7-34(22-51)9-35(8-33)23-51)57-59-55-5-6-56-60-58-50-4-2-46(52-24-36-10-37(25-52)12-38(11-36)26-52)20-48(50)54-30-42-16-43(31-54)18-44(17-42)32-54;1-29(2,3)27(35-37-33-25-17-19-31-23-13-9-7-11-21(23)25)15-16-28(30(4,5)6)36-38-34-26-18-20-32-24-14-10-8-12-22(24)26;1-22(2,3)18-12-7-9-14-20(18)26-28-24-16-11-17-25-29-27-21-15-10-8-13-19(21)23(4,5)6;1-7(2)11-13-9-5-6-10-14-12-8(3)4/h1-4,19-20,33-44,59-60H,5-18,21-32H2;7-14,17-20,27-28,37-38H,15-16H2,1-6H3;7-10,12-15,28-29H,11,16-17H2,1-6H3;7-8,13-14H,5-6H2,1-4H3. The SMILES string of the molecule is CC(C)(C)C(CCC(OPOc1ccnc2ccccc12)C(C)(C)C)OPOc1ccnc2ccccc12.CC(C)(C)c1ccccc1OPOCCCOPOc1ccccc1C(C)(C)C.CC(C)OPOCCOPOC(C)C.c1cc(OPOCCOPOc2ccc(C34CC5CC(CC(C5)C3)C4)cc2C23CC4CC(CC(C4)C2)C3)c(C23CC4CC(CC(C4)C2)C3)cc1C12CC3CC(CC(C3)C1)C2. The summed E-state index contributed by atoms with van der Waals surface area (Å²) in [5.41, 5.74) is 12.2. The summed E-state index contributed by atoms with van der Waals surface area (Å²) in [6.07, 6.45) is 41.4. The molecule has 2 heterocycles. The first-order valence-corrected chi connectivity index (χ1v) is 59.8. The highest BCUT2D eigenvalue weighted by Crippen LogP contribution is 2.68. The molecule has 16 saturated carbocycles. The van der Waals surface area contributed by atoms with E-state index in [9.17, 15) is 0 Å². The number of aromatic nitrogens is 2. The Kier molecular flexibility index (Phi) is 37.6. The van der Waals surface area contributed by atoms with Gasteiger partial charge in [-0.15, -0.1) is 0 Å². The van der Waals surface area contributed by atoms with E-state index in [-0.39, 0.29) is 118 Å². The van der Waals surface area contributed by atoms with Crippen molar-refractivity contribution in [1.29, 1.82) is 0 Å². The molecule has 0 radical (unpaired) electrons. The Hall–Kier alpha value is -4.02. The molecule has 0 saturated heterocycles. The first-order chi connectivity index (χ1) is 67.8. The summed E-state index contributed by atoms with van der Waals surface area (Å²) in [5, 5.41) is 1.98. The van der Waals surface area contributed by atoms with Crippen molar-refractivity contribution in [3.63, 3.8) is 0 Å². The predicted octanol–water partition coefficient (Wildman–Crippen LogP) is 33.0. The van der Waals surface area contributed by atoms with Crippen LogP contribution in [-0.2, 0) is 77.7 Å². The highest BCUT2D eigenvalue weighted by molar-refractivity contribution is 7.28. The van der Waals surface area contributed by atoms with Crippen LogP contribution in [0, 0.1) is 81.8 Å². The number of hydrogen-bond donors (Lipinski definition) is 0. The van der Waals surface area contributed by atoms with E-state index in [1.165, 1.54) is 165 Å². The van der Waals surface area contributed by atoms with Crippen LogP contribution >= 0.6 is 72.3 Å². The number of fused-ring (bicyclic) bond motifs is 2. The van der Waals surface area contributed by atoms with Crippen LogP contribution in [0.1, 0.15) is 318 Å². The molecule has 770 valence electrons. The maximum atomic E-state index is 6.73. The second kappa shape index (κ2) is 48.9. The van der Waals surface area contributed by atoms with Crippen molar-refractivity contribution < 1.29 is 72.4 Å². The van der Waals surface area contributed by atoms with Gasteiger partial charge in [-0.3, -0.25) is 9.97 Å². The number of pyridine rings is 2. The fraction of sp³-hybridized carbons (Fsp3) is 0.635. The van der Waals surface area contributed by atoms with E-state index < -0.39 is 0 Å². The summed E-state index contributed by atoms with van der Waals surface area (Å²) in [7, 11) is -0.0463. The highest BCUT2D eigenvalue weighted by Gasteiger charge is 2.58. The van der Waals surface area contributed by atoms with Crippen LogP contribution < -0.4 is 27.1 Å². The van der Waals surface area contributed by atoms with Gasteiger partial charge < -0.3 is 72.4 Å². The smallest absolute Gasteiger partial charge is 0.215 e. The number of hydrogen-bond acceptors (Lipinski definition) is 18. The minimum absolute atomic E-state index is 0.000678. The minimum atomic E-state index is -0.108. The van der Waals surface area contributed by atoms with Crippen molar-refractivity contribution >= 4 is 94.1 Å². The molecule has 6 aromatic carbocycles. The van der Waals surface area contributed by atoms with E-state index in [2.05, 4.69) is 142 Å². The average molecular weight is 2080 g/mol. The van der Waals surface area contributed by atoms with Gasteiger partial charge in [0.15, 0.2) is 18.1 Å². The molecule has 26 heteroatoms. The Balaban J connectivity index is 0.000000146. The van der Waals surface area contributed by atoms with Gasteiger partial charge in [-0.1, -0.05) is 168 Å². The summed E-state index contributed by atoms with van der Waals surface area (Å²) in [6, 6.07) is 51.3. The normalized spacial score (nSPS) is 28.5. The van der Waals surface area contributed by atoms with Crippen molar-refractivity contribution in [3.05, 3.63) is 191 Å². The number of rotatable bonds is 43. The molecule has 0 spiro atoms. The van der Waals surface area contributed by atoms with Crippen LogP contribution in [-0.4, -0.2) is 74.0 Å². The van der Waals surface area contributed by atoms with Crippen molar-refractivity contribution in [2.75, 3.05) is 39.6 Å². The first kappa shape index (κ1) is 108. The molecule has 16 aliphatic carbocycles. The van der Waals surface area contributed by atoms with E-state index in [0.717, 1.165) is 147 Å². The molecule has 2 aromatic heterocycles. The quantitative estimate of drug-likeness (QED) is 0.0260. The molecule has 8 aromatic rings. The Morgan fingerprint density at radius 3 is 0.872 bits per heavy atom. The number of nitrogens with zero attached hydrogens (tertiary/aromatic N) is 2. The first-order valence-electron chi connectivity index (χ1n) is 53.3. The summed E-state index contributed by atoms with van der Waals surface area (Å²) in [5.74, 6) is 17.0. The van der Waals surface area contributed by atoms with E-state index in [1.807, 2.05) is 125 Å². The van der Waals surface area contributed by atoms with Gasteiger partial charge in [0.2, 0.25) is 54.2 Å². The number of benzene rings is 6. The zero-order valence-electron chi connectivity index (χ0n) is 87.0. The van der Waals surface area contributed by atoms with Crippen LogP contribution in [0.25, 0.3) is 21.8 Å². The largest absolute Gasteiger partial charge is 0.449 e. The van der Waals surface area contributed by atoms with Crippen molar-refractivity contribution in [2.24, 2.45) is 81.8 Å². The fourth-order valence-corrected chi connectivity index (χ4v) is 33.0. The molecule has 0 aliphatic heterocycles. The fourth-order valence-electron chi connectivity index (χ4n) is 28.3. The van der Waals surface area contributed by atoms with Crippen LogP contribution in [0.2, 0.25) is 0 Å². The molecule has 16 bridgehead atoms. The third-order valence-electron chi connectivity index (χ3n) is 33.0. The van der Waals surface area contributed by atoms with E-state index >= 15 is 0 Å².